The molecule has 0 saturated heterocycles. The normalized spacial score (nSPS) is 10.3. The molecule has 0 aliphatic rings. The highest BCUT2D eigenvalue weighted by molar-refractivity contribution is 7.99. The molecule has 0 amide bonds. The van der Waals surface area contributed by atoms with Crippen molar-refractivity contribution in [1.29, 1.82) is 0 Å². The summed E-state index contributed by atoms with van der Waals surface area (Å²) in [7, 11) is 0. The highest BCUT2D eigenvalue weighted by atomic mass is 35.5. The summed E-state index contributed by atoms with van der Waals surface area (Å²) < 4.78 is 4.91. The van der Waals surface area contributed by atoms with Gasteiger partial charge in [0.2, 0.25) is 0 Å². The topological polar surface area (TPSA) is 69.4 Å². The van der Waals surface area contributed by atoms with Crippen LogP contribution in [-0.4, -0.2) is 17.5 Å². The molecular formula is C15H12ClNO4S. The van der Waals surface area contributed by atoms with E-state index < -0.39 is 10.9 Å². The third-order valence-corrected chi connectivity index (χ3v) is 4.03. The maximum atomic E-state index is 11.7. The number of hydrogen-bond acceptors (Lipinski definition) is 5. The number of ether oxygens (including phenoxy) is 1. The summed E-state index contributed by atoms with van der Waals surface area (Å²) in [6.45, 7) is 2.01. The summed E-state index contributed by atoms with van der Waals surface area (Å²) in [5.74, 6) is -0.459. The van der Waals surface area contributed by atoms with Crippen LogP contribution in [0.15, 0.2) is 52.3 Å². The zero-order valence-electron chi connectivity index (χ0n) is 11.6. The predicted octanol–water partition coefficient (Wildman–Crippen LogP) is 4.58. The van der Waals surface area contributed by atoms with Crippen LogP contribution >= 0.6 is 23.4 Å². The average molecular weight is 338 g/mol. The number of benzene rings is 2. The molecule has 2 aromatic carbocycles. The number of esters is 1. The molecule has 0 unspecified atom stereocenters. The van der Waals surface area contributed by atoms with E-state index in [1.807, 2.05) is 0 Å². The van der Waals surface area contributed by atoms with Gasteiger partial charge < -0.3 is 4.74 Å². The number of nitro groups is 1. The predicted molar refractivity (Wildman–Crippen MR) is 84.6 cm³/mol. The molecule has 5 nitrogen and oxygen atoms in total. The van der Waals surface area contributed by atoms with Gasteiger partial charge in [-0.2, -0.15) is 0 Å². The Morgan fingerprint density at radius 3 is 2.41 bits per heavy atom. The van der Waals surface area contributed by atoms with E-state index in [1.54, 1.807) is 37.3 Å². The smallest absolute Gasteiger partial charge is 0.339 e. The first kappa shape index (κ1) is 16.3. The number of non-ortho nitro benzene ring substituents is 1. The van der Waals surface area contributed by atoms with Gasteiger partial charge in [-0.05, 0) is 37.3 Å². The van der Waals surface area contributed by atoms with Crippen molar-refractivity contribution in [2.75, 3.05) is 6.61 Å². The molecule has 2 rings (SSSR count). The fourth-order valence-electron chi connectivity index (χ4n) is 1.71. The highest BCUT2D eigenvalue weighted by Crippen LogP contribution is 2.32. The first-order chi connectivity index (χ1) is 10.5. The van der Waals surface area contributed by atoms with Gasteiger partial charge in [0.1, 0.15) is 0 Å². The second-order valence-corrected chi connectivity index (χ2v) is 5.77. The minimum atomic E-state index is -0.459. The Labute approximate surface area is 136 Å². The summed E-state index contributed by atoms with van der Waals surface area (Å²) in [5, 5.41) is 10.9. The minimum absolute atomic E-state index is 0.0417. The average Bonchev–Trinajstić information content (AvgIpc) is 2.48. The van der Waals surface area contributed by atoms with Crippen molar-refractivity contribution < 1.29 is 14.5 Å². The molecule has 114 valence electrons. The van der Waals surface area contributed by atoms with Crippen molar-refractivity contribution in [2.24, 2.45) is 0 Å². The maximum Gasteiger partial charge on any atom is 0.339 e. The lowest BCUT2D eigenvalue weighted by molar-refractivity contribution is -0.384. The summed E-state index contributed by atoms with van der Waals surface area (Å²) in [4.78, 5) is 23.5. The zero-order chi connectivity index (χ0) is 16.1. The SMILES string of the molecule is CCOC(=O)c1ccc(Sc2ccc([N+](=O)[O-])cc2)cc1Cl. The first-order valence-corrected chi connectivity index (χ1v) is 7.59. The van der Waals surface area contributed by atoms with Crippen LogP contribution in [0.25, 0.3) is 0 Å². The molecule has 7 heteroatoms. The summed E-state index contributed by atoms with van der Waals surface area (Å²) >= 11 is 7.49. The largest absolute Gasteiger partial charge is 0.462 e. The van der Waals surface area contributed by atoms with Crippen LogP contribution in [0.2, 0.25) is 5.02 Å². The van der Waals surface area contributed by atoms with Gasteiger partial charge in [0, 0.05) is 21.9 Å². The number of halogens is 1. The first-order valence-electron chi connectivity index (χ1n) is 6.40. The van der Waals surface area contributed by atoms with E-state index in [0.717, 1.165) is 9.79 Å². The van der Waals surface area contributed by atoms with E-state index in [9.17, 15) is 14.9 Å². The van der Waals surface area contributed by atoms with Crippen molar-refractivity contribution >= 4 is 35.0 Å². The van der Waals surface area contributed by atoms with Gasteiger partial charge in [0.25, 0.3) is 5.69 Å². The fraction of sp³-hybridized carbons (Fsp3) is 0.133. The van der Waals surface area contributed by atoms with Crippen molar-refractivity contribution in [1.82, 2.24) is 0 Å². The van der Waals surface area contributed by atoms with Crippen LogP contribution in [0.3, 0.4) is 0 Å². The van der Waals surface area contributed by atoms with Gasteiger partial charge in [-0.3, -0.25) is 10.1 Å². The number of nitro benzene ring substituents is 1. The second kappa shape index (κ2) is 7.29. The number of carbonyl (C=O) groups excluding carboxylic acids is 1. The van der Waals surface area contributed by atoms with Crippen molar-refractivity contribution in [3.05, 3.63) is 63.2 Å². The molecule has 0 N–H and O–H groups in total. The van der Waals surface area contributed by atoms with E-state index in [-0.39, 0.29) is 12.3 Å². The number of nitrogens with zero attached hydrogens (tertiary/aromatic N) is 1. The quantitative estimate of drug-likeness (QED) is 0.454. The molecule has 0 spiro atoms. The van der Waals surface area contributed by atoms with Gasteiger partial charge in [0.05, 0.1) is 22.1 Å². The Morgan fingerprint density at radius 1 is 1.23 bits per heavy atom. The number of rotatable bonds is 5. The molecule has 0 saturated carbocycles. The Bertz CT molecular complexity index is 703. The molecule has 22 heavy (non-hydrogen) atoms. The van der Waals surface area contributed by atoms with Crippen molar-refractivity contribution in [3.8, 4) is 0 Å². The second-order valence-electron chi connectivity index (χ2n) is 4.22. The van der Waals surface area contributed by atoms with Crippen LogP contribution in [0, 0.1) is 10.1 Å². The monoisotopic (exact) mass is 337 g/mol. The minimum Gasteiger partial charge on any atom is -0.462 e. The Morgan fingerprint density at radius 2 is 1.86 bits per heavy atom. The van der Waals surface area contributed by atoms with Crippen molar-refractivity contribution in [2.45, 2.75) is 16.7 Å². The van der Waals surface area contributed by atoms with Crippen LogP contribution in [0.5, 0.6) is 0 Å². The zero-order valence-corrected chi connectivity index (χ0v) is 13.2. The van der Waals surface area contributed by atoms with E-state index in [4.69, 9.17) is 16.3 Å². The molecule has 0 aliphatic heterocycles. The van der Waals surface area contributed by atoms with Gasteiger partial charge >= 0.3 is 5.97 Å². The van der Waals surface area contributed by atoms with Gasteiger partial charge in [-0.15, -0.1) is 0 Å². The lowest BCUT2D eigenvalue weighted by atomic mass is 10.2. The summed E-state index contributed by atoms with van der Waals surface area (Å²) in [6, 6.07) is 11.2. The van der Waals surface area contributed by atoms with Crippen molar-refractivity contribution in [3.63, 3.8) is 0 Å². The molecule has 0 aliphatic carbocycles. The van der Waals surface area contributed by atoms with E-state index in [0.29, 0.717) is 10.6 Å². The van der Waals surface area contributed by atoms with Crippen LogP contribution in [-0.2, 0) is 4.74 Å². The van der Waals surface area contributed by atoms with E-state index in [2.05, 4.69) is 0 Å². The van der Waals surface area contributed by atoms with Gasteiger partial charge in [0.15, 0.2) is 0 Å². The van der Waals surface area contributed by atoms with E-state index >= 15 is 0 Å². The van der Waals surface area contributed by atoms with Gasteiger partial charge in [-0.1, -0.05) is 23.4 Å². The van der Waals surface area contributed by atoms with Crippen LogP contribution in [0.4, 0.5) is 5.69 Å². The van der Waals surface area contributed by atoms with E-state index in [1.165, 1.54) is 23.9 Å². The lowest BCUT2D eigenvalue weighted by Crippen LogP contribution is -2.05. The third kappa shape index (κ3) is 3.99. The Hall–Kier alpha value is -2.05. The summed E-state index contributed by atoms with van der Waals surface area (Å²) in [6.07, 6.45) is 0. The Kier molecular flexibility index (Phi) is 5.41. The number of carbonyl (C=O) groups is 1. The van der Waals surface area contributed by atoms with Gasteiger partial charge in [-0.25, -0.2) is 4.79 Å². The van der Waals surface area contributed by atoms with Crippen LogP contribution < -0.4 is 0 Å². The highest BCUT2D eigenvalue weighted by Gasteiger charge is 2.12. The van der Waals surface area contributed by atoms with Crippen LogP contribution in [0.1, 0.15) is 17.3 Å². The molecule has 0 bridgehead atoms. The molecular weight excluding hydrogens is 326 g/mol. The molecule has 0 aromatic heterocycles. The molecule has 2 aromatic rings. The maximum absolute atomic E-state index is 11.7. The Balaban J connectivity index is 2.15. The fourth-order valence-corrected chi connectivity index (χ4v) is 2.89. The lowest BCUT2D eigenvalue weighted by Gasteiger charge is -2.06. The summed E-state index contributed by atoms with van der Waals surface area (Å²) in [5.41, 5.74) is 0.358. The molecule has 0 radical (unpaired) electrons. The third-order valence-electron chi connectivity index (χ3n) is 2.72. The molecule has 0 atom stereocenters. The number of hydrogen-bond donors (Lipinski definition) is 0. The standard InChI is InChI=1S/C15H12ClNO4S/c1-2-21-15(18)13-8-7-12(9-14(13)16)22-11-5-3-10(4-6-11)17(19)20/h3-9H,2H2,1H3. The molecule has 0 fully saturated rings. The molecule has 0 heterocycles.